The van der Waals surface area contributed by atoms with Gasteiger partial charge in [-0.15, -0.1) is 0 Å². The van der Waals surface area contributed by atoms with Gasteiger partial charge in [0.15, 0.2) is 6.10 Å². The molecule has 37 heavy (non-hydrogen) atoms. The topological polar surface area (TPSA) is 105 Å². The van der Waals surface area contributed by atoms with Crippen molar-refractivity contribution in [3.05, 3.63) is 84.4 Å². The number of carbonyl (C=O) groups is 2. The number of fused-ring (bicyclic) bond motifs is 1. The number of nitrogens with one attached hydrogen (secondary N) is 1. The van der Waals surface area contributed by atoms with Crippen molar-refractivity contribution in [2.45, 2.75) is 24.5 Å². The van der Waals surface area contributed by atoms with Gasteiger partial charge < -0.3 is 19.7 Å². The number of rotatable bonds is 9. The summed E-state index contributed by atoms with van der Waals surface area (Å²) >= 11 is 0. The molecule has 9 nitrogen and oxygen atoms in total. The van der Waals surface area contributed by atoms with Gasteiger partial charge in [-0.2, -0.15) is 4.31 Å². The minimum Gasteiger partial charge on any atom is -0.494 e. The van der Waals surface area contributed by atoms with E-state index in [2.05, 4.69) is 5.32 Å². The number of sulfonamides is 1. The third-order valence-electron chi connectivity index (χ3n) is 5.88. The number of likely N-dealkylation sites (N-methyl/N-ethyl adjacent to an activating group) is 1. The normalized spacial score (nSPS) is 15.0. The average Bonchev–Trinajstić information content (AvgIpc) is 2.92. The molecule has 194 valence electrons. The van der Waals surface area contributed by atoms with Gasteiger partial charge in [0.05, 0.1) is 30.3 Å². The molecule has 0 spiro atoms. The van der Waals surface area contributed by atoms with Crippen LogP contribution in [0.4, 0.5) is 5.69 Å². The molecule has 10 heteroatoms. The lowest BCUT2D eigenvalue weighted by molar-refractivity contribution is -0.128. The highest BCUT2D eigenvalue weighted by Crippen LogP contribution is 2.33. The molecule has 0 aliphatic carbocycles. The van der Waals surface area contributed by atoms with Crippen LogP contribution in [0.15, 0.2) is 83.8 Å². The highest BCUT2D eigenvalue weighted by atomic mass is 32.2. The summed E-state index contributed by atoms with van der Waals surface area (Å²) in [4.78, 5) is 27.7. The summed E-state index contributed by atoms with van der Waals surface area (Å²) in [6, 6.07) is 22.3. The molecule has 1 heterocycles. The number of anilines is 1. The molecule has 0 radical (unpaired) electrons. The van der Waals surface area contributed by atoms with E-state index in [1.54, 1.807) is 36.4 Å². The zero-order chi connectivity index (χ0) is 26.4. The Morgan fingerprint density at radius 2 is 1.70 bits per heavy atom. The number of hydrogen-bond acceptors (Lipinski definition) is 6. The van der Waals surface area contributed by atoms with Crippen molar-refractivity contribution < 1.29 is 27.5 Å². The van der Waals surface area contributed by atoms with E-state index in [4.69, 9.17) is 9.47 Å². The van der Waals surface area contributed by atoms with Gasteiger partial charge in [-0.3, -0.25) is 9.59 Å². The third-order valence-corrected chi connectivity index (χ3v) is 7.70. The van der Waals surface area contributed by atoms with Crippen molar-refractivity contribution in [1.82, 2.24) is 9.62 Å². The molecular formula is C27H29N3O6S. The van der Waals surface area contributed by atoms with Crippen LogP contribution in [0.1, 0.15) is 12.5 Å². The summed E-state index contributed by atoms with van der Waals surface area (Å²) in [5, 5.41) is 2.84. The minimum absolute atomic E-state index is 0.0480. The summed E-state index contributed by atoms with van der Waals surface area (Å²) in [6.07, 6.45) is -0.949. The number of benzene rings is 3. The predicted molar refractivity (Wildman–Crippen MR) is 139 cm³/mol. The largest absolute Gasteiger partial charge is 0.494 e. The summed E-state index contributed by atoms with van der Waals surface area (Å²) in [6.45, 7) is 2.16. The average molecular weight is 524 g/mol. The van der Waals surface area contributed by atoms with Crippen molar-refractivity contribution in [3.63, 3.8) is 0 Å². The van der Waals surface area contributed by atoms with Gasteiger partial charge in [0.2, 0.25) is 15.9 Å². The monoisotopic (exact) mass is 523 g/mol. The maximum Gasteiger partial charge on any atom is 0.263 e. The molecule has 0 aromatic heterocycles. The Bertz CT molecular complexity index is 1350. The first-order valence-electron chi connectivity index (χ1n) is 11.9. The highest BCUT2D eigenvalue weighted by molar-refractivity contribution is 7.89. The second kappa shape index (κ2) is 11.4. The molecular weight excluding hydrogens is 494 g/mol. The lowest BCUT2D eigenvalue weighted by Crippen LogP contribution is -2.52. The van der Waals surface area contributed by atoms with Gasteiger partial charge in [0.1, 0.15) is 11.5 Å². The van der Waals surface area contributed by atoms with Crippen LogP contribution < -0.4 is 19.7 Å². The minimum atomic E-state index is -3.93. The van der Waals surface area contributed by atoms with E-state index in [0.717, 1.165) is 9.87 Å². The smallest absolute Gasteiger partial charge is 0.263 e. The fourth-order valence-electron chi connectivity index (χ4n) is 3.92. The standard InChI is InChI=1S/C27H29N3O6S/c1-3-35-21-13-15-22(16-14-21)37(33,34)29(2)19-26(31)30-18-25(36-24-12-8-7-11-23(24)30)27(32)28-17-20-9-5-4-6-10-20/h4-16,25H,3,17-19H2,1-2H3,(H,28,32). The molecule has 3 aromatic carbocycles. The Morgan fingerprint density at radius 1 is 1.03 bits per heavy atom. The summed E-state index contributed by atoms with van der Waals surface area (Å²) in [5.74, 6) is 0.0841. The van der Waals surface area contributed by atoms with Crippen LogP contribution in [0.5, 0.6) is 11.5 Å². The van der Waals surface area contributed by atoms with E-state index < -0.39 is 28.6 Å². The van der Waals surface area contributed by atoms with Crippen LogP contribution in [0.3, 0.4) is 0 Å². The van der Waals surface area contributed by atoms with Crippen LogP contribution in [0.2, 0.25) is 0 Å². The Hall–Kier alpha value is -3.89. The second-order valence-corrected chi connectivity index (χ2v) is 10.5. The quantitative estimate of drug-likeness (QED) is 0.463. The Morgan fingerprint density at radius 3 is 2.41 bits per heavy atom. The van der Waals surface area contributed by atoms with E-state index in [0.29, 0.717) is 30.3 Å². The van der Waals surface area contributed by atoms with Crippen molar-refractivity contribution in [2.24, 2.45) is 0 Å². The highest BCUT2D eigenvalue weighted by Gasteiger charge is 2.35. The van der Waals surface area contributed by atoms with Crippen LogP contribution in [0.25, 0.3) is 0 Å². The van der Waals surface area contributed by atoms with Gasteiger partial charge in [-0.25, -0.2) is 8.42 Å². The zero-order valence-corrected chi connectivity index (χ0v) is 21.5. The van der Waals surface area contributed by atoms with Crippen molar-refractivity contribution in [1.29, 1.82) is 0 Å². The van der Waals surface area contributed by atoms with Crippen molar-refractivity contribution in [3.8, 4) is 11.5 Å². The first kappa shape index (κ1) is 26.2. The Kier molecular flexibility index (Phi) is 8.10. The second-order valence-electron chi connectivity index (χ2n) is 8.45. The molecule has 0 bridgehead atoms. The molecule has 1 N–H and O–H groups in total. The van der Waals surface area contributed by atoms with Gasteiger partial charge in [0, 0.05) is 13.6 Å². The maximum atomic E-state index is 13.3. The molecule has 0 saturated carbocycles. The molecule has 1 aliphatic heterocycles. The molecule has 1 aliphatic rings. The Labute approximate surface area is 216 Å². The van der Waals surface area contributed by atoms with Gasteiger partial charge in [0.25, 0.3) is 5.91 Å². The van der Waals surface area contributed by atoms with Crippen LogP contribution in [-0.4, -0.2) is 57.4 Å². The van der Waals surface area contributed by atoms with E-state index in [1.807, 2.05) is 37.3 Å². The first-order chi connectivity index (χ1) is 17.8. The van der Waals surface area contributed by atoms with E-state index in [-0.39, 0.29) is 17.3 Å². The number of carbonyl (C=O) groups excluding carboxylic acids is 2. The van der Waals surface area contributed by atoms with Gasteiger partial charge in [-0.1, -0.05) is 42.5 Å². The summed E-state index contributed by atoms with van der Waals surface area (Å²) in [7, 11) is -2.58. The molecule has 2 amide bonds. The fourth-order valence-corrected chi connectivity index (χ4v) is 5.04. The number of nitrogens with zero attached hydrogens (tertiary/aromatic N) is 2. The molecule has 1 unspecified atom stereocenters. The zero-order valence-electron chi connectivity index (χ0n) is 20.7. The molecule has 1 atom stereocenters. The third kappa shape index (κ3) is 6.10. The maximum absolute atomic E-state index is 13.3. The Balaban J connectivity index is 1.47. The van der Waals surface area contributed by atoms with E-state index in [1.165, 1.54) is 24.1 Å². The number of para-hydroxylation sites is 2. The summed E-state index contributed by atoms with van der Waals surface area (Å²) < 4.78 is 38.4. The molecule has 4 rings (SSSR count). The van der Waals surface area contributed by atoms with Crippen LogP contribution in [-0.2, 0) is 26.2 Å². The lowest BCUT2D eigenvalue weighted by Gasteiger charge is -2.35. The number of hydrogen-bond donors (Lipinski definition) is 1. The summed E-state index contributed by atoms with van der Waals surface area (Å²) in [5.41, 5.74) is 1.41. The number of ether oxygens (including phenoxy) is 2. The predicted octanol–water partition coefficient (Wildman–Crippen LogP) is 2.82. The van der Waals surface area contributed by atoms with Gasteiger partial charge in [-0.05, 0) is 48.9 Å². The van der Waals surface area contributed by atoms with Crippen molar-refractivity contribution in [2.75, 3.05) is 31.6 Å². The SMILES string of the molecule is CCOc1ccc(S(=O)(=O)N(C)CC(=O)N2CC(C(=O)NCc3ccccc3)Oc3ccccc32)cc1. The van der Waals surface area contributed by atoms with Gasteiger partial charge >= 0.3 is 0 Å². The van der Waals surface area contributed by atoms with E-state index >= 15 is 0 Å². The molecule has 0 saturated heterocycles. The number of amides is 2. The molecule has 0 fully saturated rings. The lowest BCUT2D eigenvalue weighted by atomic mass is 10.1. The van der Waals surface area contributed by atoms with Crippen molar-refractivity contribution >= 4 is 27.5 Å². The first-order valence-corrected chi connectivity index (χ1v) is 13.3. The van der Waals surface area contributed by atoms with E-state index in [9.17, 15) is 18.0 Å². The molecule has 3 aromatic rings. The fraction of sp³-hybridized carbons (Fsp3) is 0.259. The van der Waals surface area contributed by atoms with Crippen LogP contribution >= 0.6 is 0 Å². The van der Waals surface area contributed by atoms with Crippen LogP contribution in [0, 0.1) is 0 Å².